The van der Waals surface area contributed by atoms with Gasteiger partial charge in [-0.25, -0.2) is 0 Å². The average Bonchev–Trinajstić information content (AvgIpc) is 2.61. The van der Waals surface area contributed by atoms with Crippen LogP contribution in [-0.4, -0.2) is 19.3 Å². The van der Waals surface area contributed by atoms with Gasteiger partial charge in [-0.1, -0.05) is 114 Å². The van der Waals surface area contributed by atoms with Gasteiger partial charge in [0, 0.05) is 0 Å². The lowest BCUT2D eigenvalue weighted by atomic mass is 9.86. The highest BCUT2D eigenvalue weighted by Gasteiger charge is 2.26. The Labute approximate surface area is 167 Å². The summed E-state index contributed by atoms with van der Waals surface area (Å²) in [6, 6.07) is 20.8. The summed E-state index contributed by atoms with van der Waals surface area (Å²) >= 11 is 0. The summed E-state index contributed by atoms with van der Waals surface area (Å²) < 4.78 is 0. The summed E-state index contributed by atoms with van der Waals surface area (Å²) in [6.07, 6.45) is 1.68. The summed E-state index contributed by atoms with van der Waals surface area (Å²) in [4.78, 5) is 0. The third-order valence-electron chi connectivity index (χ3n) is 5.36. The average molecular weight is 381 g/mol. The Kier molecular flexibility index (Phi) is 6.88. The van der Waals surface area contributed by atoms with Crippen LogP contribution in [0.1, 0.15) is 45.7 Å². The van der Waals surface area contributed by atoms with Crippen molar-refractivity contribution in [3.63, 3.8) is 0 Å². The summed E-state index contributed by atoms with van der Waals surface area (Å²) in [6.45, 7) is 15.7. The van der Waals surface area contributed by atoms with Crippen LogP contribution in [0.15, 0.2) is 60.7 Å². The molecule has 0 spiro atoms. The van der Waals surface area contributed by atoms with E-state index in [1.807, 2.05) is 0 Å². The molecule has 0 amide bonds. The van der Waals surface area contributed by atoms with Gasteiger partial charge in [0.25, 0.3) is 0 Å². The third kappa shape index (κ3) is 5.92. The standard InChI is InChI=1S/C25H36OSi/c1-19(2)24(26)17-21(18-27(6,7)23-11-9-8-10-12-23)20-13-15-22(16-14-20)25(3,4)5/h8-17,19,24,26H,18H2,1-7H3/b21-17-. The van der Waals surface area contributed by atoms with Crippen LogP contribution >= 0.6 is 0 Å². The molecule has 0 saturated heterocycles. The minimum Gasteiger partial charge on any atom is -0.389 e. The number of aliphatic hydroxyl groups excluding tert-OH is 1. The van der Waals surface area contributed by atoms with Crippen LogP contribution in [0.3, 0.4) is 0 Å². The molecule has 1 unspecified atom stereocenters. The molecule has 2 heteroatoms. The van der Waals surface area contributed by atoms with E-state index in [2.05, 4.69) is 108 Å². The maximum Gasteiger partial charge on any atom is 0.0849 e. The molecule has 27 heavy (non-hydrogen) atoms. The van der Waals surface area contributed by atoms with Gasteiger partial charge in [0.15, 0.2) is 0 Å². The number of hydrogen-bond donors (Lipinski definition) is 1. The minimum atomic E-state index is -1.66. The van der Waals surface area contributed by atoms with Crippen LogP contribution in [0.4, 0.5) is 0 Å². The molecule has 1 atom stereocenters. The molecular weight excluding hydrogens is 344 g/mol. The zero-order valence-corrected chi connectivity index (χ0v) is 19.1. The molecule has 0 aliphatic carbocycles. The van der Waals surface area contributed by atoms with Gasteiger partial charge in [0.1, 0.15) is 0 Å². The molecule has 0 aromatic heterocycles. The lowest BCUT2D eigenvalue weighted by Gasteiger charge is -2.26. The van der Waals surface area contributed by atoms with Crippen molar-refractivity contribution in [2.24, 2.45) is 5.92 Å². The first-order valence-corrected chi connectivity index (χ1v) is 13.3. The van der Waals surface area contributed by atoms with E-state index in [9.17, 15) is 5.11 Å². The third-order valence-corrected chi connectivity index (χ3v) is 8.53. The van der Waals surface area contributed by atoms with E-state index in [1.165, 1.54) is 21.9 Å². The van der Waals surface area contributed by atoms with Gasteiger partial charge in [-0.2, -0.15) is 0 Å². The fourth-order valence-corrected chi connectivity index (χ4v) is 5.88. The predicted octanol–water partition coefficient (Wildman–Crippen LogP) is 6.00. The lowest BCUT2D eigenvalue weighted by Crippen LogP contribution is -2.41. The monoisotopic (exact) mass is 380 g/mol. The highest BCUT2D eigenvalue weighted by molar-refractivity contribution is 6.91. The molecule has 0 aliphatic heterocycles. The Hall–Kier alpha value is -1.64. The van der Waals surface area contributed by atoms with E-state index in [1.54, 1.807) is 0 Å². The van der Waals surface area contributed by atoms with Gasteiger partial charge >= 0.3 is 0 Å². The van der Waals surface area contributed by atoms with Crippen LogP contribution < -0.4 is 5.19 Å². The highest BCUT2D eigenvalue weighted by Crippen LogP contribution is 2.30. The Morgan fingerprint density at radius 2 is 1.52 bits per heavy atom. The molecule has 2 aromatic carbocycles. The number of benzene rings is 2. The Morgan fingerprint density at radius 1 is 0.963 bits per heavy atom. The van der Waals surface area contributed by atoms with Crippen molar-refractivity contribution in [3.8, 4) is 0 Å². The maximum atomic E-state index is 10.5. The first-order chi connectivity index (χ1) is 12.5. The van der Waals surface area contributed by atoms with Gasteiger partial charge in [0.05, 0.1) is 14.2 Å². The second-order valence-electron chi connectivity index (χ2n) is 9.68. The number of rotatable bonds is 6. The number of allylic oxidation sites excluding steroid dienone is 1. The van der Waals surface area contributed by atoms with E-state index >= 15 is 0 Å². The molecule has 1 N–H and O–H groups in total. The van der Waals surface area contributed by atoms with Crippen LogP contribution in [-0.2, 0) is 5.41 Å². The quantitative estimate of drug-likeness (QED) is 0.609. The molecule has 0 bridgehead atoms. The smallest absolute Gasteiger partial charge is 0.0849 e. The van der Waals surface area contributed by atoms with Gasteiger partial charge in [0.2, 0.25) is 0 Å². The molecular formula is C25H36OSi. The van der Waals surface area contributed by atoms with Crippen LogP contribution in [0.25, 0.3) is 5.57 Å². The van der Waals surface area contributed by atoms with E-state index < -0.39 is 14.2 Å². The van der Waals surface area contributed by atoms with Crippen LogP contribution in [0, 0.1) is 5.92 Å². The van der Waals surface area contributed by atoms with E-state index in [0.717, 1.165) is 6.04 Å². The molecule has 0 saturated carbocycles. The summed E-state index contributed by atoms with van der Waals surface area (Å²) in [5.74, 6) is 0.218. The zero-order valence-electron chi connectivity index (χ0n) is 18.1. The van der Waals surface area contributed by atoms with Crippen molar-refractivity contribution in [2.75, 3.05) is 0 Å². The van der Waals surface area contributed by atoms with Crippen LogP contribution in [0.2, 0.25) is 19.1 Å². The van der Waals surface area contributed by atoms with E-state index in [-0.39, 0.29) is 11.3 Å². The number of aliphatic hydroxyl groups is 1. The fourth-order valence-electron chi connectivity index (χ4n) is 3.31. The van der Waals surface area contributed by atoms with Crippen molar-refractivity contribution in [1.29, 1.82) is 0 Å². The SMILES string of the molecule is CC(C)C(O)/C=C(/C[Si](C)(C)c1ccccc1)c1ccc(C(C)(C)C)cc1. The van der Waals surface area contributed by atoms with E-state index in [0.29, 0.717) is 0 Å². The Morgan fingerprint density at radius 3 is 2.00 bits per heavy atom. The molecule has 0 fully saturated rings. The lowest BCUT2D eigenvalue weighted by molar-refractivity contribution is 0.172. The van der Waals surface area contributed by atoms with Crippen molar-refractivity contribution < 1.29 is 5.11 Å². The van der Waals surface area contributed by atoms with Crippen molar-refractivity contribution >= 4 is 18.8 Å². The second-order valence-corrected chi connectivity index (χ2v) is 14.4. The fraction of sp³-hybridized carbons (Fsp3) is 0.440. The molecule has 0 radical (unpaired) electrons. The van der Waals surface area contributed by atoms with Crippen molar-refractivity contribution in [2.45, 2.75) is 65.3 Å². The molecule has 0 aliphatic rings. The normalized spacial score (nSPS) is 14.5. The second kappa shape index (κ2) is 8.58. The first kappa shape index (κ1) is 21.7. The minimum absolute atomic E-state index is 0.151. The first-order valence-electron chi connectivity index (χ1n) is 10.1. The van der Waals surface area contributed by atoms with Gasteiger partial charge < -0.3 is 5.11 Å². The molecule has 2 rings (SSSR count). The van der Waals surface area contributed by atoms with Gasteiger partial charge in [-0.15, -0.1) is 0 Å². The Bertz CT molecular complexity index is 749. The predicted molar refractivity (Wildman–Crippen MR) is 122 cm³/mol. The van der Waals surface area contributed by atoms with E-state index in [4.69, 9.17) is 0 Å². The topological polar surface area (TPSA) is 20.2 Å². The summed E-state index contributed by atoms with van der Waals surface area (Å²) in [7, 11) is -1.66. The van der Waals surface area contributed by atoms with Crippen molar-refractivity contribution in [1.82, 2.24) is 0 Å². The maximum absolute atomic E-state index is 10.5. The van der Waals surface area contributed by atoms with Gasteiger partial charge in [-0.05, 0) is 34.1 Å². The largest absolute Gasteiger partial charge is 0.389 e. The Balaban J connectivity index is 2.40. The molecule has 1 nitrogen and oxygen atoms in total. The summed E-state index contributed by atoms with van der Waals surface area (Å²) in [5, 5.41) is 12.0. The highest BCUT2D eigenvalue weighted by atomic mass is 28.3. The van der Waals surface area contributed by atoms with Crippen molar-refractivity contribution in [3.05, 3.63) is 71.8 Å². The molecule has 0 heterocycles. The van der Waals surface area contributed by atoms with Gasteiger partial charge in [-0.3, -0.25) is 0 Å². The zero-order chi connectivity index (χ0) is 20.2. The van der Waals surface area contributed by atoms with Crippen LogP contribution in [0.5, 0.6) is 0 Å². The molecule has 2 aromatic rings. The molecule has 146 valence electrons. The summed E-state index contributed by atoms with van der Waals surface area (Å²) in [5.41, 5.74) is 4.00. The number of hydrogen-bond acceptors (Lipinski definition) is 1.